The van der Waals surface area contributed by atoms with Crippen LogP contribution in [0, 0.1) is 20.2 Å². The molecule has 0 atom stereocenters. The standard InChI is InChI=1S/C20H16ClN5O6/c1-31-18-9-14(10-23-24-19-6-5-16(11-22-19)26(29)30)8-17(21)20(18)32-12-13-3-2-4-15(7-13)25(27)28/h2-11H,12H2,1H3,(H,22,24)/b23-10+. The van der Waals surface area contributed by atoms with Gasteiger partial charge in [0.15, 0.2) is 11.5 Å². The highest BCUT2D eigenvalue weighted by atomic mass is 35.5. The quantitative estimate of drug-likeness (QED) is 0.279. The molecule has 11 nitrogen and oxygen atoms in total. The van der Waals surface area contributed by atoms with E-state index in [0.29, 0.717) is 22.7 Å². The Balaban J connectivity index is 1.70. The normalized spacial score (nSPS) is 10.7. The Labute approximate surface area is 186 Å². The van der Waals surface area contributed by atoms with Crippen LogP contribution in [0.5, 0.6) is 11.5 Å². The molecule has 0 aliphatic rings. The van der Waals surface area contributed by atoms with Crippen LogP contribution in [-0.4, -0.2) is 28.2 Å². The molecule has 0 amide bonds. The molecule has 0 bridgehead atoms. The molecule has 0 aliphatic heterocycles. The molecule has 0 unspecified atom stereocenters. The zero-order valence-electron chi connectivity index (χ0n) is 16.6. The number of nitrogens with zero attached hydrogens (tertiary/aromatic N) is 4. The number of methoxy groups -OCH3 is 1. The summed E-state index contributed by atoms with van der Waals surface area (Å²) in [6.45, 7) is 0.0541. The van der Waals surface area contributed by atoms with E-state index in [1.807, 2.05) is 0 Å². The summed E-state index contributed by atoms with van der Waals surface area (Å²) in [6, 6.07) is 12.1. The summed E-state index contributed by atoms with van der Waals surface area (Å²) in [5.74, 6) is 0.947. The number of hydrazone groups is 1. The number of rotatable bonds is 9. The second-order valence-corrected chi connectivity index (χ2v) is 6.69. The van der Waals surface area contributed by atoms with Gasteiger partial charge in [0.2, 0.25) is 0 Å². The molecule has 3 aromatic rings. The fourth-order valence-corrected chi connectivity index (χ4v) is 2.88. The van der Waals surface area contributed by atoms with Crippen molar-refractivity contribution in [2.45, 2.75) is 6.61 Å². The fraction of sp³-hybridized carbons (Fsp3) is 0.100. The molecule has 0 saturated heterocycles. The lowest BCUT2D eigenvalue weighted by molar-refractivity contribution is -0.385. The zero-order chi connectivity index (χ0) is 23.1. The van der Waals surface area contributed by atoms with Crippen LogP contribution in [0.25, 0.3) is 0 Å². The van der Waals surface area contributed by atoms with Crippen LogP contribution < -0.4 is 14.9 Å². The minimum Gasteiger partial charge on any atom is -0.493 e. The van der Waals surface area contributed by atoms with Gasteiger partial charge in [-0.3, -0.25) is 25.7 Å². The maximum Gasteiger partial charge on any atom is 0.287 e. The Morgan fingerprint density at radius 1 is 1.12 bits per heavy atom. The number of nitro groups is 2. The first-order chi connectivity index (χ1) is 15.4. The Morgan fingerprint density at radius 3 is 2.56 bits per heavy atom. The van der Waals surface area contributed by atoms with E-state index in [1.165, 1.54) is 37.6 Å². The Kier molecular flexibility index (Phi) is 7.13. The molecule has 1 heterocycles. The third-order valence-corrected chi connectivity index (χ3v) is 4.39. The Morgan fingerprint density at radius 2 is 1.91 bits per heavy atom. The average Bonchev–Trinajstić information content (AvgIpc) is 2.78. The largest absolute Gasteiger partial charge is 0.493 e. The maximum atomic E-state index is 10.9. The zero-order valence-corrected chi connectivity index (χ0v) is 17.4. The molecule has 1 N–H and O–H groups in total. The molecule has 0 saturated carbocycles. The number of benzene rings is 2. The molecule has 0 fully saturated rings. The lowest BCUT2D eigenvalue weighted by Gasteiger charge is -2.13. The predicted octanol–water partition coefficient (Wildman–Crippen LogP) is 4.59. The van der Waals surface area contributed by atoms with Gasteiger partial charge in [-0.15, -0.1) is 0 Å². The van der Waals surface area contributed by atoms with E-state index in [2.05, 4.69) is 15.5 Å². The van der Waals surface area contributed by atoms with Crippen molar-refractivity contribution >= 4 is 35.0 Å². The lowest BCUT2D eigenvalue weighted by atomic mass is 10.2. The molecular weight excluding hydrogens is 442 g/mol. The van der Waals surface area contributed by atoms with Crippen molar-refractivity contribution in [3.8, 4) is 11.5 Å². The van der Waals surface area contributed by atoms with Crippen molar-refractivity contribution in [1.29, 1.82) is 0 Å². The third kappa shape index (κ3) is 5.67. The predicted molar refractivity (Wildman–Crippen MR) is 118 cm³/mol. The van der Waals surface area contributed by atoms with Gasteiger partial charge >= 0.3 is 0 Å². The van der Waals surface area contributed by atoms with Crippen LogP contribution in [0.15, 0.2) is 59.8 Å². The topological polar surface area (TPSA) is 142 Å². The van der Waals surface area contributed by atoms with Crippen LogP contribution in [0.1, 0.15) is 11.1 Å². The molecule has 0 radical (unpaired) electrons. The summed E-state index contributed by atoms with van der Waals surface area (Å²) in [7, 11) is 1.45. The van der Waals surface area contributed by atoms with Gasteiger partial charge in [0.1, 0.15) is 18.6 Å². The van der Waals surface area contributed by atoms with E-state index in [9.17, 15) is 20.2 Å². The molecule has 0 aliphatic carbocycles. The number of ether oxygens (including phenoxy) is 2. The SMILES string of the molecule is COc1cc(/C=N/Nc2ccc([N+](=O)[O-])cn2)cc(Cl)c1OCc1cccc([N+](=O)[O-])c1. The minimum atomic E-state index is -0.545. The number of halogens is 1. The molecule has 32 heavy (non-hydrogen) atoms. The summed E-state index contributed by atoms with van der Waals surface area (Å²) in [5.41, 5.74) is 3.68. The molecule has 164 valence electrons. The minimum absolute atomic E-state index is 0.0364. The summed E-state index contributed by atoms with van der Waals surface area (Å²) in [5, 5.41) is 25.8. The first-order valence-electron chi connectivity index (χ1n) is 9.00. The van der Waals surface area contributed by atoms with Gasteiger partial charge < -0.3 is 9.47 Å². The van der Waals surface area contributed by atoms with E-state index in [1.54, 1.807) is 24.3 Å². The van der Waals surface area contributed by atoms with Crippen LogP contribution in [0.4, 0.5) is 17.2 Å². The Bertz CT molecular complexity index is 1170. The number of hydrogen-bond donors (Lipinski definition) is 1. The highest BCUT2D eigenvalue weighted by Gasteiger charge is 2.13. The molecule has 1 aromatic heterocycles. The van der Waals surface area contributed by atoms with Gasteiger partial charge in [-0.1, -0.05) is 23.7 Å². The van der Waals surface area contributed by atoms with Gasteiger partial charge in [0.05, 0.1) is 28.2 Å². The number of nitro benzene ring substituents is 1. The van der Waals surface area contributed by atoms with Crippen LogP contribution in [-0.2, 0) is 6.61 Å². The highest BCUT2D eigenvalue weighted by molar-refractivity contribution is 6.32. The molecule has 2 aromatic carbocycles. The number of nitrogens with one attached hydrogen (secondary N) is 1. The summed E-state index contributed by atoms with van der Waals surface area (Å²) < 4.78 is 11.1. The van der Waals surface area contributed by atoms with Crippen molar-refractivity contribution in [2.24, 2.45) is 5.10 Å². The van der Waals surface area contributed by atoms with E-state index in [0.717, 1.165) is 6.20 Å². The van der Waals surface area contributed by atoms with E-state index < -0.39 is 9.85 Å². The average molecular weight is 458 g/mol. The third-order valence-electron chi connectivity index (χ3n) is 4.11. The smallest absolute Gasteiger partial charge is 0.287 e. The monoisotopic (exact) mass is 457 g/mol. The summed E-state index contributed by atoms with van der Waals surface area (Å²) in [4.78, 5) is 24.4. The highest BCUT2D eigenvalue weighted by Crippen LogP contribution is 2.36. The number of anilines is 1. The molecule has 0 spiro atoms. The van der Waals surface area contributed by atoms with Gasteiger partial charge in [-0.05, 0) is 29.3 Å². The second kappa shape index (κ2) is 10.2. The molecule has 12 heteroatoms. The van der Waals surface area contributed by atoms with Crippen molar-refractivity contribution < 1.29 is 19.3 Å². The summed E-state index contributed by atoms with van der Waals surface area (Å²) in [6.07, 6.45) is 2.58. The van der Waals surface area contributed by atoms with E-state index in [4.69, 9.17) is 21.1 Å². The van der Waals surface area contributed by atoms with Gasteiger partial charge in [-0.2, -0.15) is 5.10 Å². The van der Waals surface area contributed by atoms with Crippen LogP contribution in [0.3, 0.4) is 0 Å². The Hall–Kier alpha value is -4.25. The lowest BCUT2D eigenvalue weighted by Crippen LogP contribution is -2.00. The number of non-ortho nitro benzene ring substituents is 1. The first kappa shape index (κ1) is 22.4. The maximum absolute atomic E-state index is 10.9. The van der Waals surface area contributed by atoms with E-state index in [-0.39, 0.29) is 28.8 Å². The van der Waals surface area contributed by atoms with Crippen molar-refractivity contribution in [3.63, 3.8) is 0 Å². The van der Waals surface area contributed by atoms with Crippen molar-refractivity contribution in [3.05, 3.63) is 91.1 Å². The number of pyridine rings is 1. The van der Waals surface area contributed by atoms with Gasteiger partial charge in [-0.25, -0.2) is 4.98 Å². The summed E-state index contributed by atoms with van der Waals surface area (Å²) >= 11 is 6.33. The van der Waals surface area contributed by atoms with Crippen molar-refractivity contribution in [1.82, 2.24) is 4.98 Å². The van der Waals surface area contributed by atoms with Crippen LogP contribution in [0.2, 0.25) is 5.02 Å². The molecule has 3 rings (SSSR count). The first-order valence-corrected chi connectivity index (χ1v) is 9.38. The molecular formula is C20H16ClN5O6. The number of hydrogen-bond acceptors (Lipinski definition) is 9. The van der Waals surface area contributed by atoms with E-state index >= 15 is 0 Å². The van der Waals surface area contributed by atoms with Gasteiger partial charge in [0, 0.05) is 18.2 Å². The second-order valence-electron chi connectivity index (χ2n) is 6.28. The number of aromatic nitrogens is 1. The fourth-order valence-electron chi connectivity index (χ4n) is 2.60. The van der Waals surface area contributed by atoms with Crippen molar-refractivity contribution in [2.75, 3.05) is 12.5 Å². The van der Waals surface area contributed by atoms with Gasteiger partial charge in [0.25, 0.3) is 11.4 Å². The van der Waals surface area contributed by atoms with Crippen LogP contribution >= 0.6 is 11.6 Å².